The lowest BCUT2D eigenvalue weighted by atomic mass is 10.1. The normalized spacial score (nSPS) is 18.4. The molecule has 1 aliphatic heterocycles. The first-order valence-electron chi connectivity index (χ1n) is 11.8. The van der Waals surface area contributed by atoms with Crippen LogP contribution in [-0.2, 0) is 6.18 Å². The largest absolute Gasteiger partial charge is 0.471 e. The van der Waals surface area contributed by atoms with Gasteiger partial charge in [0, 0.05) is 25.7 Å². The molecule has 40 heavy (non-hydrogen) atoms. The summed E-state index contributed by atoms with van der Waals surface area (Å²) in [5.41, 5.74) is -0.412. The van der Waals surface area contributed by atoms with E-state index in [0.29, 0.717) is 11.9 Å². The van der Waals surface area contributed by atoms with E-state index < -0.39 is 42.7 Å². The monoisotopic (exact) mass is 593 g/mol. The quantitative estimate of drug-likeness (QED) is 0.335. The number of nitrogens with one attached hydrogen (secondary N) is 2. The summed E-state index contributed by atoms with van der Waals surface area (Å²) >= 11 is 0.904. The van der Waals surface area contributed by atoms with Crippen LogP contribution < -0.4 is 15.4 Å². The minimum atomic E-state index is -4.64. The molecule has 3 aromatic rings. The molecule has 0 radical (unpaired) electrons. The number of ether oxygens (including phenoxy) is 1. The molecule has 1 unspecified atom stereocenters. The van der Waals surface area contributed by atoms with Crippen LogP contribution >= 0.6 is 11.5 Å². The number of anilines is 3. The Kier molecular flexibility index (Phi) is 8.72. The second-order valence-electron chi connectivity index (χ2n) is 8.85. The zero-order chi connectivity index (χ0) is 29.1. The third-order valence-corrected chi connectivity index (χ3v) is 6.67. The molecule has 3 aromatic heterocycles. The summed E-state index contributed by atoms with van der Waals surface area (Å²) in [5, 5.41) is 5.59. The van der Waals surface area contributed by atoms with Crippen LogP contribution in [0.1, 0.15) is 34.6 Å². The van der Waals surface area contributed by atoms with E-state index in [1.807, 2.05) is 0 Å². The molecule has 0 aliphatic carbocycles. The third kappa shape index (κ3) is 7.74. The Morgan fingerprint density at radius 1 is 1.12 bits per heavy atom. The summed E-state index contributed by atoms with van der Waals surface area (Å²) < 4.78 is 99.6. The van der Waals surface area contributed by atoms with E-state index in [4.69, 9.17) is 4.74 Å². The topological polar surface area (TPSA) is 105 Å². The summed E-state index contributed by atoms with van der Waals surface area (Å²) in [6, 6.07) is 2.88. The van der Waals surface area contributed by atoms with Crippen molar-refractivity contribution in [3.05, 3.63) is 47.7 Å². The Bertz CT molecular complexity index is 1300. The van der Waals surface area contributed by atoms with E-state index in [1.54, 1.807) is 6.92 Å². The van der Waals surface area contributed by atoms with Gasteiger partial charge in [-0.05, 0) is 30.9 Å². The van der Waals surface area contributed by atoms with E-state index in [2.05, 4.69) is 30.0 Å². The van der Waals surface area contributed by atoms with Crippen LogP contribution in [0.15, 0.2) is 30.7 Å². The molecule has 0 bridgehead atoms. The smallest absolute Gasteiger partial charge is 0.434 e. The van der Waals surface area contributed by atoms with Gasteiger partial charge < -0.3 is 15.4 Å². The van der Waals surface area contributed by atoms with Gasteiger partial charge in [0.2, 0.25) is 5.88 Å². The molecule has 1 fully saturated rings. The number of hydrogen-bond acceptors (Lipinski definition) is 9. The van der Waals surface area contributed by atoms with Crippen LogP contribution in [0.3, 0.4) is 0 Å². The zero-order valence-electron chi connectivity index (χ0n) is 20.7. The van der Waals surface area contributed by atoms with Crippen LogP contribution in [0.5, 0.6) is 5.88 Å². The van der Waals surface area contributed by atoms with Crippen molar-refractivity contribution in [2.24, 2.45) is 0 Å². The number of piperidine rings is 1. The van der Waals surface area contributed by atoms with E-state index in [0.717, 1.165) is 17.7 Å². The molecule has 0 saturated carbocycles. The summed E-state index contributed by atoms with van der Waals surface area (Å²) in [6.45, 7) is 1.36. The highest BCUT2D eigenvalue weighted by Crippen LogP contribution is 2.30. The molecular formula is C23H22F7N7O2S. The standard InChI is InChI=1S/C23H22F7N7O2S/c1-12-19(21(40-36-12)35-17-10-31-16(9-32-17)23(28,29)30)20(38)34-13-2-3-18(33-8-13)39-15-4-6-37(11-14(15)24)7-5-22(25,26)27/h2-3,8-10,14-15H,4-7,11H2,1H3,(H,32,35)(H,34,38)/t14?,15-/m1/s1. The van der Waals surface area contributed by atoms with E-state index >= 15 is 0 Å². The number of carbonyl (C=O) groups is 1. The van der Waals surface area contributed by atoms with Crippen molar-refractivity contribution < 1.29 is 40.3 Å². The van der Waals surface area contributed by atoms with Gasteiger partial charge in [0.05, 0.1) is 42.0 Å². The number of aromatic nitrogens is 4. The first-order chi connectivity index (χ1) is 18.8. The van der Waals surface area contributed by atoms with E-state index in [-0.39, 0.29) is 54.0 Å². The van der Waals surface area contributed by atoms with E-state index in [1.165, 1.54) is 23.2 Å². The Morgan fingerprint density at radius 3 is 2.50 bits per heavy atom. The number of amides is 1. The summed E-state index contributed by atoms with van der Waals surface area (Å²) in [7, 11) is 0. The second-order valence-corrected chi connectivity index (χ2v) is 9.62. The van der Waals surface area contributed by atoms with Crippen molar-refractivity contribution in [2.45, 2.75) is 44.4 Å². The second kappa shape index (κ2) is 11.9. The van der Waals surface area contributed by atoms with Gasteiger partial charge >= 0.3 is 12.4 Å². The van der Waals surface area contributed by atoms with Gasteiger partial charge in [0.15, 0.2) is 5.69 Å². The Hall–Kier alpha value is -3.60. The number of pyridine rings is 1. The molecule has 1 aliphatic rings. The van der Waals surface area contributed by atoms with Gasteiger partial charge in [-0.15, -0.1) is 0 Å². The lowest BCUT2D eigenvalue weighted by molar-refractivity contribution is -0.141. The SMILES string of the molecule is Cc1nsc(Nc2cnc(C(F)(F)F)cn2)c1C(=O)Nc1ccc(O[C@@H]2CCN(CCC(F)(F)F)CC2F)nc1. The molecule has 0 aromatic carbocycles. The van der Waals surface area contributed by atoms with Crippen molar-refractivity contribution in [1.82, 2.24) is 24.2 Å². The van der Waals surface area contributed by atoms with Crippen molar-refractivity contribution in [3.8, 4) is 5.88 Å². The van der Waals surface area contributed by atoms with Gasteiger partial charge in [-0.3, -0.25) is 9.69 Å². The number of likely N-dealkylation sites (tertiary alicyclic amines) is 1. The first kappa shape index (κ1) is 29.4. The number of hydrogen-bond donors (Lipinski definition) is 2. The number of alkyl halides is 7. The Labute approximate surface area is 227 Å². The Balaban J connectivity index is 1.33. The van der Waals surface area contributed by atoms with Crippen LogP contribution in [0.2, 0.25) is 0 Å². The van der Waals surface area contributed by atoms with Gasteiger partial charge in [-0.2, -0.15) is 30.7 Å². The summed E-state index contributed by atoms with van der Waals surface area (Å²) in [5.74, 6) is -0.531. The maximum absolute atomic E-state index is 14.5. The first-order valence-corrected chi connectivity index (χ1v) is 12.6. The van der Waals surface area contributed by atoms with E-state index in [9.17, 15) is 35.5 Å². The average molecular weight is 594 g/mol. The zero-order valence-corrected chi connectivity index (χ0v) is 21.5. The maximum atomic E-state index is 14.5. The fourth-order valence-corrected chi connectivity index (χ4v) is 4.62. The molecule has 9 nitrogen and oxygen atoms in total. The van der Waals surface area contributed by atoms with Gasteiger partial charge in [0.25, 0.3) is 5.91 Å². The summed E-state index contributed by atoms with van der Waals surface area (Å²) in [4.78, 5) is 25.4. The predicted octanol–water partition coefficient (Wildman–Crippen LogP) is 5.39. The molecule has 1 amide bonds. The molecule has 2 N–H and O–H groups in total. The van der Waals surface area contributed by atoms with Gasteiger partial charge in [0.1, 0.15) is 23.1 Å². The molecule has 1 saturated heterocycles. The van der Waals surface area contributed by atoms with Crippen molar-refractivity contribution in [2.75, 3.05) is 30.3 Å². The van der Waals surface area contributed by atoms with Crippen molar-refractivity contribution in [3.63, 3.8) is 0 Å². The van der Waals surface area contributed by atoms with Crippen LogP contribution in [0.25, 0.3) is 0 Å². The number of rotatable bonds is 8. The highest BCUT2D eigenvalue weighted by atomic mass is 32.1. The predicted molar refractivity (Wildman–Crippen MR) is 130 cm³/mol. The lowest BCUT2D eigenvalue weighted by Crippen LogP contribution is -2.47. The van der Waals surface area contributed by atoms with Gasteiger partial charge in [-0.25, -0.2) is 19.3 Å². The highest BCUT2D eigenvalue weighted by Gasteiger charge is 2.34. The van der Waals surface area contributed by atoms with Crippen LogP contribution in [-0.4, -0.2) is 68.2 Å². The molecule has 216 valence electrons. The minimum absolute atomic E-state index is 0.0220. The molecular weight excluding hydrogens is 571 g/mol. The summed E-state index contributed by atoms with van der Waals surface area (Å²) in [6.07, 6.45) is -9.43. The molecule has 2 atom stereocenters. The highest BCUT2D eigenvalue weighted by molar-refractivity contribution is 7.10. The average Bonchev–Trinajstić information content (AvgIpc) is 3.24. The fourth-order valence-electron chi connectivity index (χ4n) is 3.82. The molecule has 17 heteroatoms. The fraction of sp³-hybridized carbons (Fsp3) is 0.435. The molecule has 4 heterocycles. The van der Waals surface area contributed by atoms with Crippen molar-refractivity contribution >= 4 is 33.9 Å². The third-order valence-electron chi connectivity index (χ3n) is 5.82. The number of aryl methyl sites for hydroxylation is 1. The van der Waals surface area contributed by atoms with Crippen LogP contribution in [0.4, 0.5) is 47.2 Å². The Morgan fingerprint density at radius 2 is 1.90 bits per heavy atom. The lowest BCUT2D eigenvalue weighted by Gasteiger charge is -2.34. The molecule has 0 spiro atoms. The number of halogens is 7. The number of carbonyl (C=O) groups excluding carboxylic acids is 1. The maximum Gasteiger partial charge on any atom is 0.434 e. The van der Waals surface area contributed by atoms with Gasteiger partial charge in [-0.1, -0.05) is 0 Å². The van der Waals surface area contributed by atoms with Crippen LogP contribution in [0, 0.1) is 6.92 Å². The van der Waals surface area contributed by atoms with Crippen molar-refractivity contribution in [1.29, 1.82) is 0 Å². The minimum Gasteiger partial charge on any atom is -0.471 e. The molecule has 4 rings (SSSR count). The number of nitrogens with zero attached hydrogens (tertiary/aromatic N) is 5.